The second-order valence-electron chi connectivity index (χ2n) is 6.90. The Kier molecular flexibility index (Phi) is 6.56. The van der Waals surface area contributed by atoms with Crippen molar-refractivity contribution in [2.45, 2.75) is 32.3 Å². The van der Waals surface area contributed by atoms with Gasteiger partial charge in [-0.05, 0) is 61.6 Å². The Morgan fingerprint density at radius 1 is 1.00 bits per heavy atom. The summed E-state index contributed by atoms with van der Waals surface area (Å²) in [5.74, 6) is -0.528. The maximum Gasteiger partial charge on any atom is 0.134 e. The monoisotopic (exact) mass is 377 g/mol. The fourth-order valence-corrected chi connectivity index (χ4v) is 2.99. The van der Waals surface area contributed by atoms with Crippen molar-refractivity contribution in [2.75, 3.05) is 0 Å². The zero-order valence-corrected chi connectivity index (χ0v) is 15.8. The molecule has 144 valence electrons. The molecule has 2 N–H and O–H groups in total. The third-order valence-corrected chi connectivity index (χ3v) is 4.55. The van der Waals surface area contributed by atoms with Gasteiger partial charge in [0.2, 0.25) is 0 Å². The van der Waals surface area contributed by atoms with Crippen molar-refractivity contribution in [3.63, 3.8) is 0 Å². The Labute approximate surface area is 164 Å². The van der Waals surface area contributed by atoms with Crippen molar-refractivity contribution in [3.8, 4) is 28.0 Å². The summed E-state index contributed by atoms with van der Waals surface area (Å²) in [4.78, 5) is 4.47. The van der Waals surface area contributed by atoms with E-state index in [1.807, 2.05) is 48.7 Å². The van der Waals surface area contributed by atoms with Crippen LogP contribution in [0, 0.1) is 5.82 Å². The van der Waals surface area contributed by atoms with Crippen LogP contribution in [0.3, 0.4) is 0 Å². The highest BCUT2D eigenvalue weighted by molar-refractivity contribution is 5.71. The van der Waals surface area contributed by atoms with Crippen molar-refractivity contribution >= 4 is 6.08 Å². The van der Waals surface area contributed by atoms with E-state index in [4.69, 9.17) is 0 Å². The molecule has 0 aliphatic rings. The lowest BCUT2D eigenvalue weighted by Gasteiger charge is -2.06. The van der Waals surface area contributed by atoms with Crippen molar-refractivity contribution in [1.29, 1.82) is 0 Å². The molecule has 0 saturated heterocycles. The second kappa shape index (κ2) is 9.29. The first-order valence-corrected chi connectivity index (χ1v) is 9.43. The summed E-state index contributed by atoms with van der Waals surface area (Å²) < 4.78 is 14.0. The number of unbranched alkanes of at least 4 members (excludes halogenated alkanes) is 1. The van der Waals surface area contributed by atoms with Gasteiger partial charge in [-0.15, -0.1) is 0 Å². The standard InChI is InChI=1S/C24H24FNO2/c1-17(27)5-3-2-4-6-21-12-11-20(16-26-21)18-7-9-19(10-8-18)23-14-13-22(28)15-24(23)25/h4,6-17,27-28H,2-3,5H2,1H3/b6-4+. The number of aliphatic hydroxyl groups is 1. The number of allylic oxidation sites excluding steroid dienone is 1. The molecular formula is C24H24FNO2. The van der Waals surface area contributed by atoms with E-state index in [0.717, 1.165) is 47.7 Å². The van der Waals surface area contributed by atoms with E-state index in [1.54, 1.807) is 13.0 Å². The summed E-state index contributed by atoms with van der Waals surface area (Å²) in [6.07, 6.45) is 8.33. The highest BCUT2D eigenvalue weighted by Crippen LogP contribution is 2.28. The number of aromatic nitrogens is 1. The molecule has 0 amide bonds. The molecule has 1 unspecified atom stereocenters. The number of aliphatic hydroxyl groups excluding tert-OH is 1. The number of benzene rings is 2. The van der Waals surface area contributed by atoms with Crippen LogP contribution in [0.4, 0.5) is 4.39 Å². The molecule has 3 aromatic rings. The first-order chi connectivity index (χ1) is 13.5. The van der Waals surface area contributed by atoms with E-state index in [9.17, 15) is 14.6 Å². The van der Waals surface area contributed by atoms with Crippen LogP contribution in [0.1, 0.15) is 31.9 Å². The molecule has 0 aliphatic heterocycles. The fourth-order valence-electron chi connectivity index (χ4n) is 2.99. The van der Waals surface area contributed by atoms with E-state index in [0.29, 0.717) is 5.56 Å². The number of pyridine rings is 1. The zero-order chi connectivity index (χ0) is 19.9. The number of phenolic OH excluding ortho intramolecular Hbond substituents is 1. The Bertz CT molecular complexity index is 932. The van der Waals surface area contributed by atoms with Crippen LogP contribution in [0.15, 0.2) is 66.9 Å². The highest BCUT2D eigenvalue weighted by Gasteiger charge is 2.06. The van der Waals surface area contributed by atoms with Gasteiger partial charge in [-0.3, -0.25) is 4.98 Å². The third kappa shape index (κ3) is 5.27. The van der Waals surface area contributed by atoms with Crippen molar-refractivity contribution < 1.29 is 14.6 Å². The smallest absolute Gasteiger partial charge is 0.134 e. The average molecular weight is 377 g/mol. The highest BCUT2D eigenvalue weighted by atomic mass is 19.1. The summed E-state index contributed by atoms with van der Waals surface area (Å²) >= 11 is 0. The lowest BCUT2D eigenvalue weighted by atomic mass is 10.0. The van der Waals surface area contributed by atoms with Crippen LogP contribution in [0.5, 0.6) is 5.75 Å². The van der Waals surface area contributed by atoms with E-state index >= 15 is 0 Å². The molecule has 3 rings (SSSR count). The Hall–Kier alpha value is -2.98. The summed E-state index contributed by atoms with van der Waals surface area (Å²) in [7, 11) is 0. The number of aromatic hydroxyl groups is 1. The summed E-state index contributed by atoms with van der Waals surface area (Å²) in [6, 6.07) is 15.7. The molecule has 0 aliphatic carbocycles. The predicted molar refractivity (Wildman–Crippen MR) is 111 cm³/mol. The first kappa shape index (κ1) is 19.8. The number of hydrogen-bond acceptors (Lipinski definition) is 3. The molecule has 0 saturated carbocycles. The number of hydrogen-bond donors (Lipinski definition) is 2. The van der Waals surface area contributed by atoms with Crippen molar-refractivity contribution in [3.05, 3.63) is 78.4 Å². The summed E-state index contributed by atoms with van der Waals surface area (Å²) in [6.45, 7) is 1.80. The summed E-state index contributed by atoms with van der Waals surface area (Å²) in [5, 5.41) is 18.6. The van der Waals surface area contributed by atoms with Gasteiger partial charge in [0.05, 0.1) is 11.8 Å². The molecule has 4 heteroatoms. The third-order valence-electron chi connectivity index (χ3n) is 4.55. The molecule has 0 spiro atoms. The number of halogens is 1. The Balaban J connectivity index is 1.66. The lowest BCUT2D eigenvalue weighted by molar-refractivity contribution is 0.182. The van der Waals surface area contributed by atoms with Gasteiger partial charge >= 0.3 is 0 Å². The maximum atomic E-state index is 14.0. The quantitative estimate of drug-likeness (QED) is 0.510. The molecule has 28 heavy (non-hydrogen) atoms. The molecule has 2 aromatic carbocycles. The number of nitrogens with zero attached hydrogens (tertiary/aromatic N) is 1. The molecule has 1 atom stereocenters. The average Bonchev–Trinajstić information content (AvgIpc) is 2.68. The minimum Gasteiger partial charge on any atom is -0.508 e. The molecule has 0 bridgehead atoms. The molecule has 0 fully saturated rings. The van der Waals surface area contributed by atoms with Gasteiger partial charge in [0.25, 0.3) is 0 Å². The lowest BCUT2D eigenvalue weighted by Crippen LogP contribution is -1.97. The van der Waals surface area contributed by atoms with Gasteiger partial charge in [0.1, 0.15) is 11.6 Å². The van der Waals surface area contributed by atoms with Crippen LogP contribution in [0.2, 0.25) is 0 Å². The zero-order valence-electron chi connectivity index (χ0n) is 15.8. The minimum absolute atomic E-state index is 0.0824. The van der Waals surface area contributed by atoms with Crippen LogP contribution >= 0.6 is 0 Å². The van der Waals surface area contributed by atoms with E-state index < -0.39 is 5.82 Å². The van der Waals surface area contributed by atoms with Crippen LogP contribution in [-0.4, -0.2) is 21.3 Å². The Morgan fingerprint density at radius 2 is 1.71 bits per heavy atom. The SMILES string of the molecule is CC(O)CCC/C=C/c1ccc(-c2ccc(-c3ccc(O)cc3F)cc2)cn1. The van der Waals surface area contributed by atoms with E-state index in [-0.39, 0.29) is 11.9 Å². The van der Waals surface area contributed by atoms with Gasteiger partial charge in [-0.2, -0.15) is 0 Å². The first-order valence-electron chi connectivity index (χ1n) is 9.43. The number of phenols is 1. The fraction of sp³-hybridized carbons (Fsp3) is 0.208. The minimum atomic E-state index is -0.445. The largest absolute Gasteiger partial charge is 0.508 e. The molecule has 1 aromatic heterocycles. The van der Waals surface area contributed by atoms with Crippen molar-refractivity contribution in [1.82, 2.24) is 4.98 Å². The normalized spacial score (nSPS) is 12.4. The second-order valence-corrected chi connectivity index (χ2v) is 6.90. The van der Waals surface area contributed by atoms with Crippen LogP contribution < -0.4 is 0 Å². The van der Waals surface area contributed by atoms with Crippen molar-refractivity contribution in [2.24, 2.45) is 0 Å². The van der Waals surface area contributed by atoms with Gasteiger partial charge in [0.15, 0.2) is 0 Å². The van der Waals surface area contributed by atoms with E-state index in [1.165, 1.54) is 6.07 Å². The molecule has 1 heterocycles. The number of rotatable bonds is 7. The van der Waals surface area contributed by atoms with Gasteiger partial charge in [-0.25, -0.2) is 4.39 Å². The summed E-state index contributed by atoms with van der Waals surface area (Å²) in [5.41, 5.74) is 4.10. The van der Waals surface area contributed by atoms with E-state index in [2.05, 4.69) is 11.1 Å². The van der Waals surface area contributed by atoms with Crippen LogP contribution in [-0.2, 0) is 0 Å². The predicted octanol–water partition coefficient (Wildman–Crippen LogP) is 5.82. The van der Waals surface area contributed by atoms with Gasteiger partial charge < -0.3 is 10.2 Å². The molecule has 0 radical (unpaired) electrons. The van der Waals surface area contributed by atoms with Crippen LogP contribution in [0.25, 0.3) is 28.3 Å². The molecular weight excluding hydrogens is 353 g/mol. The van der Waals surface area contributed by atoms with Gasteiger partial charge in [-0.1, -0.05) is 36.4 Å². The van der Waals surface area contributed by atoms with Gasteiger partial charge in [0, 0.05) is 23.4 Å². The maximum absolute atomic E-state index is 14.0. The Morgan fingerprint density at radius 3 is 2.36 bits per heavy atom. The molecule has 3 nitrogen and oxygen atoms in total. The topological polar surface area (TPSA) is 53.4 Å².